The normalized spacial score (nSPS) is 15.8. The second-order valence-corrected chi connectivity index (χ2v) is 5.03. The summed E-state index contributed by atoms with van der Waals surface area (Å²) >= 11 is 0. The van der Waals surface area contributed by atoms with E-state index in [2.05, 4.69) is 15.5 Å². The van der Waals surface area contributed by atoms with Crippen LogP contribution in [-0.2, 0) is 5.54 Å². The van der Waals surface area contributed by atoms with E-state index in [1.165, 1.54) is 0 Å². The fourth-order valence-corrected chi connectivity index (χ4v) is 2.18. The molecule has 1 saturated carbocycles. The Morgan fingerprint density at radius 3 is 2.47 bits per heavy atom. The molecule has 1 aliphatic carbocycles. The minimum atomic E-state index is -0.238. The van der Waals surface area contributed by atoms with Gasteiger partial charge in [-0.25, -0.2) is 0 Å². The average molecular weight is 253 g/mol. The summed E-state index contributed by atoms with van der Waals surface area (Å²) in [5.74, 6) is -0.0330. The Hall–Kier alpha value is -2.23. The lowest BCUT2D eigenvalue weighted by Gasteiger charge is -2.17. The van der Waals surface area contributed by atoms with Gasteiger partial charge < -0.3 is 5.32 Å². The van der Waals surface area contributed by atoms with Crippen molar-refractivity contribution in [1.82, 2.24) is 15.5 Å². The van der Waals surface area contributed by atoms with Crippen molar-refractivity contribution in [2.24, 2.45) is 0 Å². The average Bonchev–Trinajstić information content (AvgIpc) is 3.21. The number of carbonyl (C=O) groups excluding carboxylic acids is 1. The number of hydrogen-bond acceptors (Lipinski definition) is 3. The van der Waals surface area contributed by atoms with Crippen LogP contribution in [0.4, 0.5) is 0 Å². The van der Waals surface area contributed by atoms with Crippen molar-refractivity contribution in [2.45, 2.75) is 25.3 Å². The molecule has 0 unspecified atom stereocenters. The molecule has 3 rings (SSSR count). The van der Waals surface area contributed by atoms with Crippen molar-refractivity contribution < 1.29 is 4.79 Å². The SMILES string of the molecule is Cc1ccc(C(=O)NC2(c3ccnnc3)CC2)cc1. The number of benzene rings is 1. The highest BCUT2D eigenvalue weighted by Crippen LogP contribution is 2.45. The molecule has 0 spiro atoms. The maximum absolute atomic E-state index is 12.2. The molecule has 0 bridgehead atoms. The molecule has 0 radical (unpaired) electrons. The Kier molecular flexibility index (Phi) is 2.78. The first-order valence-electron chi connectivity index (χ1n) is 6.36. The van der Waals surface area contributed by atoms with Gasteiger partial charge >= 0.3 is 0 Å². The van der Waals surface area contributed by atoms with E-state index in [1.807, 2.05) is 37.3 Å². The minimum Gasteiger partial charge on any atom is -0.342 e. The third-order valence-corrected chi connectivity index (χ3v) is 3.55. The summed E-state index contributed by atoms with van der Waals surface area (Å²) in [5.41, 5.74) is 2.63. The number of aryl methyl sites for hydroxylation is 1. The van der Waals surface area contributed by atoms with Crippen LogP contribution in [0, 0.1) is 6.92 Å². The Balaban J connectivity index is 1.78. The zero-order valence-electron chi connectivity index (χ0n) is 10.8. The summed E-state index contributed by atoms with van der Waals surface area (Å²) < 4.78 is 0. The Morgan fingerprint density at radius 2 is 1.89 bits per heavy atom. The van der Waals surface area contributed by atoms with Crippen molar-refractivity contribution in [1.29, 1.82) is 0 Å². The number of amides is 1. The van der Waals surface area contributed by atoms with Crippen LogP contribution in [0.3, 0.4) is 0 Å². The molecule has 2 aromatic rings. The molecular formula is C15H15N3O. The van der Waals surface area contributed by atoms with Gasteiger partial charge in [0.05, 0.1) is 11.7 Å². The Bertz CT molecular complexity index is 589. The second kappa shape index (κ2) is 4.46. The number of carbonyl (C=O) groups is 1. The molecule has 1 amide bonds. The molecule has 0 aliphatic heterocycles. The summed E-state index contributed by atoms with van der Waals surface area (Å²) in [6, 6.07) is 9.51. The monoisotopic (exact) mass is 253 g/mol. The van der Waals surface area contributed by atoms with Crippen LogP contribution < -0.4 is 5.32 Å². The Morgan fingerprint density at radius 1 is 1.16 bits per heavy atom. The van der Waals surface area contributed by atoms with Gasteiger partial charge in [0.25, 0.3) is 5.91 Å². The van der Waals surface area contributed by atoms with Crippen LogP contribution in [-0.4, -0.2) is 16.1 Å². The summed E-state index contributed by atoms with van der Waals surface area (Å²) in [6.45, 7) is 2.01. The molecule has 1 heterocycles. The van der Waals surface area contributed by atoms with Crippen LogP contribution >= 0.6 is 0 Å². The van der Waals surface area contributed by atoms with Crippen molar-refractivity contribution in [2.75, 3.05) is 0 Å². The van der Waals surface area contributed by atoms with E-state index in [-0.39, 0.29) is 11.4 Å². The van der Waals surface area contributed by atoms with Crippen molar-refractivity contribution in [3.8, 4) is 0 Å². The van der Waals surface area contributed by atoms with Crippen LogP contribution in [0.5, 0.6) is 0 Å². The summed E-state index contributed by atoms with van der Waals surface area (Å²) in [4.78, 5) is 12.2. The van der Waals surface area contributed by atoms with E-state index in [0.717, 1.165) is 24.0 Å². The summed E-state index contributed by atoms with van der Waals surface area (Å²) in [5, 5.41) is 10.8. The van der Waals surface area contributed by atoms with E-state index >= 15 is 0 Å². The smallest absolute Gasteiger partial charge is 0.251 e. The highest BCUT2D eigenvalue weighted by molar-refractivity contribution is 5.95. The van der Waals surface area contributed by atoms with Gasteiger partial charge in [0, 0.05) is 11.8 Å². The largest absolute Gasteiger partial charge is 0.342 e. The van der Waals surface area contributed by atoms with Crippen molar-refractivity contribution in [3.63, 3.8) is 0 Å². The maximum Gasteiger partial charge on any atom is 0.251 e. The quantitative estimate of drug-likeness (QED) is 0.912. The van der Waals surface area contributed by atoms with Gasteiger partial charge in [0.2, 0.25) is 0 Å². The van der Waals surface area contributed by atoms with Crippen LogP contribution in [0.15, 0.2) is 42.7 Å². The topological polar surface area (TPSA) is 54.9 Å². The molecular weight excluding hydrogens is 238 g/mol. The standard InChI is InChI=1S/C15H15N3O/c1-11-2-4-12(5-3-11)14(19)18-15(7-8-15)13-6-9-16-17-10-13/h2-6,9-10H,7-8H2,1H3,(H,18,19). The van der Waals surface area contributed by atoms with Gasteiger partial charge in [-0.2, -0.15) is 10.2 Å². The van der Waals surface area contributed by atoms with E-state index < -0.39 is 0 Å². The molecule has 96 valence electrons. The number of rotatable bonds is 3. The molecule has 19 heavy (non-hydrogen) atoms. The van der Waals surface area contributed by atoms with Crippen LogP contribution in [0.25, 0.3) is 0 Å². The third-order valence-electron chi connectivity index (χ3n) is 3.55. The fraction of sp³-hybridized carbons (Fsp3) is 0.267. The van der Waals surface area contributed by atoms with Gasteiger partial charge in [0.15, 0.2) is 0 Å². The highest BCUT2D eigenvalue weighted by atomic mass is 16.1. The lowest BCUT2D eigenvalue weighted by molar-refractivity contribution is 0.0930. The molecule has 0 saturated heterocycles. The molecule has 4 nitrogen and oxygen atoms in total. The van der Waals surface area contributed by atoms with E-state index in [4.69, 9.17) is 0 Å². The van der Waals surface area contributed by atoms with Gasteiger partial charge in [-0.3, -0.25) is 4.79 Å². The number of hydrogen-bond donors (Lipinski definition) is 1. The lowest BCUT2D eigenvalue weighted by Crippen LogP contribution is -2.34. The Labute approximate surface area is 111 Å². The molecule has 1 fully saturated rings. The van der Waals surface area contributed by atoms with Gasteiger partial charge in [0.1, 0.15) is 0 Å². The summed E-state index contributed by atoms with van der Waals surface area (Å²) in [7, 11) is 0. The number of nitrogens with one attached hydrogen (secondary N) is 1. The lowest BCUT2D eigenvalue weighted by atomic mass is 10.1. The zero-order valence-corrected chi connectivity index (χ0v) is 10.8. The second-order valence-electron chi connectivity index (χ2n) is 5.03. The number of aromatic nitrogens is 2. The van der Waals surface area contributed by atoms with E-state index in [9.17, 15) is 4.79 Å². The zero-order chi connectivity index (χ0) is 13.3. The fourth-order valence-electron chi connectivity index (χ4n) is 2.18. The predicted molar refractivity (Wildman–Crippen MR) is 71.6 cm³/mol. The molecule has 1 aromatic heterocycles. The first-order valence-corrected chi connectivity index (χ1v) is 6.36. The van der Waals surface area contributed by atoms with Gasteiger partial charge in [-0.05, 0) is 43.5 Å². The first kappa shape index (κ1) is 11.8. The van der Waals surface area contributed by atoms with E-state index in [1.54, 1.807) is 12.4 Å². The third kappa shape index (κ3) is 2.34. The number of nitrogens with zero attached hydrogens (tertiary/aromatic N) is 2. The van der Waals surface area contributed by atoms with Gasteiger partial charge in [-0.1, -0.05) is 17.7 Å². The molecule has 1 N–H and O–H groups in total. The molecule has 0 atom stereocenters. The molecule has 4 heteroatoms. The van der Waals surface area contributed by atoms with Crippen LogP contribution in [0.2, 0.25) is 0 Å². The van der Waals surface area contributed by atoms with Gasteiger partial charge in [-0.15, -0.1) is 0 Å². The summed E-state index contributed by atoms with van der Waals surface area (Å²) in [6.07, 6.45) is 5.29. The molecule has 1 aliphatic rings. The van der Waals surface area contributed by atoms with Crippen molar-refractivity contribution >= 4 is 5.91 Å². The van der Waals surface area contributed by atoms with E-state index in [0.29, 0.717) is 5.56 Å². The highest BCUT2D eigenvalue weighted by Gasteiger charge is 2.46. The molecule has 1 aromatic carbocycles. The van der Waals surface area contributed by atoms with Crippen molar-refractivity contribution in [3.05, 3.63) is 59.4 Å². The first-order chi connectivity index (χ1) is 9.20. The minimum absolute atomic E-state index is 0.0330. The van der Waals surface area contributed by atoms with Crippen LogP contribution in [0.1, 0.15) is 34.3 Å². The maximum atomic E-state index is 12.2. The predicted octanol–water partition coefficient (Wildman–Crippen LogP) is 2.20.